The fourth-order valence-corrected chi connectivity index (χ4v) is 8.37. The van der Waals surface area contributed by atoms with E-state index in [9.17, 15) is 15.3 Å². The van der Waals surface area contributed by atoms with E-state index in [1.807, 2.05) is 6.92 Å². The van der Waals surface area contributed by atoms with Crippen LogP contribution in [0.15, 0.2) is 0 Å². The molecule has 0 aromatic heterocycles. The van der Waals surface area contributed by atoms with Gasteiger partial charge in [-0.1, -0.05) is 13.8 Å². The summed E-state index contributed by atoms with van der Waals surface area (Å²) >= 11 is 0. The molecule has 27 heavy (non-hydrogen) atoms. The maximum atomic E-state index is 11.6. The van der Waals surface area contributed by atoms with E-state index in [1.165, 1.54) is 19.3 Å². The predicted octanol–water partition coefficient (Wildman–Crippen LogP) is 3.38. The van der Waals surface area contributed by atoms with Crippen molar-refractivity contribution < 1.29 is 20.1 Å². The number of hydrogen-bond donors (Lipinski definition) is 3. The van der Waals surface area contributed by atoms with Gasteiger partial charge in [-0.2, -0.15) is 0 Å². The van der Waals surface area contributed by atoms with Crippen LogP contribution >= 0.6 is 0 Å². The fourth-order valence-electron chi connectivity index (χ4n) is 8.37. The first-order valence-electron chi connectivity index (χ1n) is 11.3. The van der Waals surface area contributed by atoms with Crippen LogP contribution in [0.3, 0.4) is 0 Å². The second kappa shape index (κ2) is 6.97. The summed E-state index contributed by atoms with van der Waals surface area (Å²) in [7, 11) is 1.69. The summed E-state index contributed by atoms with van der Waals surface area (Å²) in [6, 6.07) is 0. The Balaban J connectivity index is 1.52. The molecule has 0 aromatic carbocycles. The Hall–Kier alpha value is -0.160. The second-order valence-corrected chi connectivity index (χ2v) is 10.8. The van der Waals surface area contributed by atoms with Crippen molar-refractivity contribution in [1.29, 1.82) is 0 Å². The Labute approximate surface area is 164 Å². The maximum Gasteiger partial charge on any atom is 0.0882 e. The highest BCUT2D eigenvalue weighted by Crippen LogP contribution is 2.66. The molecule has 4 saturated carbocycles. The van der Waals surface area contributed by atoms with Crippen LogP contribution in [0.5, 0.6) is 0 Å². The summed E-state index contributed by atoms with van der Waals surface area (Å²) in [6.07, 6.45) is 9.64. The molecular weight excluding hydrogens is 340 g/mol. The van der Waals surface area contributed by atoms with Crippen LogP contribution in [0.25, 0.3) is 0 Å². The quantitative estimate of drug-likeness (QED) is 0.699. The van der Waals surface area contributed by atoms with E-state index in [0.29, 0.717) is 18.4 Å². The number of ether oxygens (including phenoxy) is 1. The van der Waals surface area contributed by atoms with Crippen LogP contribution in [0.1, 0.15) is 71.6 Å². The van der Waals surface area contributed by atoms with Gasteiger partial charge in [-0.3, -0.25) is 0 Å². The largest absolute Gasteiger partial charge is 0.396 e. The van der Waals surface area contributed by atoms with E-state index in [-0.39, 0.29) is 17.9 Å². The molecule has 3 N–H and O–H groups in total. The topological polar surface area (TPSA) is 69.9 Å². The van der Waals surface area contributed by atoms with E-state index < -0.39 is 11.2 Å². The first-order valence-corrected chi connectivity index (χ1v) is 11.3. The predicted molar refractivity (Wildman–Crippen MR) is 105 cm³/mol. The lowest BCUT2D eigenvalue weighted by atomic mass is 9.48. The van der Waals surface area contributed by atoms with E-state index in [1.54, 1.807) is 7.11 Å². The number of fused-ring (bicyclic) bond motifs is 5. The van der Waals surface area contributed by atoms with Crippen molar-refractivity contribution in [2.75, 3.05) is 20.3 Å². The molecule has 9 atom stereocenters. The van der Waals surface area contributed by atoms with Gasteiger partial charge in [-0.25, -0.2) is 0 Å². The Morgan fingerprint density at radius 2 is 1.70 bits per heavy atom. The van der Waals surface area contributed by atoms with Crippen molar-refractivity contribution in [3.05, 3.63) is 0 Å². The fraction of sp³-hybridized carbons (Fsp3) is 1.00. The molecule has 0 heterocycles. The summed E-state index contributed by atoms with van der Waals surface area (Å²) < 4.78 is 5.30. The van der Waals surface area contributed by atoms with Gasteiger partial charge in [0, 0.05) is 19.6 Å². The average Bonchev–Trinajstić information content (AvgIpc) is 2.93. The van der Waals surface area contributed by atoms with E-state index in [2.05, 4.69) is 6.92 Å². The van der Waals surface area contributed by atoms with Gasteiger partial charge in [-0.05, 0) is 92.8 Å². The van der Waals surface area contributed by atoms with Crippen molar-refractivity contribution in [1.82, 2.24) is 0 Å². The molecular formula is C23H40O4. The highest BCUT2D eigenvalue weighted by Gasteiger charge is 2.64. The molecule has 0 amide bonds. The number of hydrogen-bond acceptors (Lipinski definition) is 4. The third-order valence-electron chi connectivity index (χ3n) is 9.82. The van der Waals surface area contributed by atoms with Gasteiger partial charge in [0.1, 0.15) is 0 Å². The molecule has 4 aliphatic rings. The first kappa shape index (κ1) is 20.1. The van der Waals surface area contributed by atoms with Crippen molar-refractivity contribution in [2.45, 2.75) is 82.8 Å². The number of aliphatic hydroxyl groups excluding tert-OH is 1. The standard InChI is InChI=1S/C23H40O4/c1-15(13-24)23(26)11-8-20-19-5-4-16-12-22(25,14-27-3)10-7-17(16)18(19)6-9-21(20,23)2/h15-20,24-26H,4-14H2,1-3H3/t15?,16?,17-,18?,19+,20?,21?,22+,23-/m0/s1. The van der Waals surface area contributed by atoms with Gasteiger partial charge in [0.2, 0.25) is 0 Å². The molecule has 4 aliphatic carbocycles. The molecule has 4 nitrogen and oxygen atoms in total. The second-order valence-electron chi connectivity index (χ2n) is 10.8. The monoisotopic (exact) mass is 380 g/mol. The lowest BCUT2D eigenvalue weighted by Crippen LogP contribution is -2.57. The van der Waals surface area contributed by atoms with Gasteiger partial charge in [0.25, 0.3) is 0 Å². The minimum Gasteiger partial charge on any atom is -0.396 e. The molecule has 0 spiro atoms. The highest BCUT2D eigenvalue weighted by molar-refractivity contribution is 5.13. The number of methoxy groups -OCH3 is 1. The van der Waals surface area contributed by atoms with Gasteiger partial charge >= 0.3 is 0 Å². The van der Waals surface area contributed by atoms with Crippen LogP contribution in [-0.4, -0.2) is 46.8 Å². The zero-order valence-corrected chi connectivity index (χ0v) is 17.5. The van der Waals surface area contributed by atoms with Crippen LogP contribution in [-0.2, 0) is 4.74 Å². The van der Waals surface area contributed by atoms with Gasteiger partial charge < -0.3 is 20.1 Å². The van der Waals surface area contributed by atoms with Crippen LogP contribution in [0, 0.1) is 40.9 Å². The molecule has 0 radical (unpaired) electrons. The Morgan fingerprint density at radius 1 is 0.963 bits per heavy atom. The third kappa shape index (κ3) is 2.93. The average molecular weight is 381 g/mol. The van der Waals surface area contributed by atoms with Crippen LogP contribution in [0.4, 0.5) is 0 Å². The lowest BCUT2D eigenvalue weighted by molar-refractivity contribution is -0.167. The molecule has 0 aromatic rings. The Morgan fingerprint density at radius 3 is 2.41 bits per heavy atom. The van der Waals surface area contributed by atoms with E-state index >= 15 is 0 Å². The maximum absolute atomic E-state index is 11.6. The summed E-state index contributed by atoms with van der Waals surface area (Å²) in [5, 5.41) is 32.2. The van der Waals surface area contributed by atoms with Gasteiger partial charge in [-0.15, -0.1) is 0 Å². The summed E-state index contributed by atoms with van der Waals surface area (Å²) in [6.45, 7) is 4.89. The van der Waals surface area contributed by atoms with Crippen molar-refractivity contribution in [3.8, 4) is 0 Å². The molecule has 156 valence electrons. The highest BCUT2D eigenvalue weighted by atomic mass is 16.5. The zero-order chi connectivity index (χ0) is 19.4. The van der Waals surface area contributed by atoms with Crippen molar-refractivity contribution in [2.24, 2.45) is 40.9 Å². The normalized spacial score (nSPS) is 53.3. The number of rotatable bonds is 4. The van der Waals surface area contributed by atoms with Crippen molar-refractivity contribution in [3.63, 3.8) is 0 Å². The molecule has 4 heteroatoms. The SMILES string of the molecule is COC[C@@]1(O)CC[C@H]2C(CC[C@@H]3C2CCC2(C)C3CC[C@]2(O)C(C)CO)C1. The van der Waals surface area contributed by atoms with E-state index in [0.717, 1.165) is 56.3 Å². The summed E-state index contributed by atoms with van der Waals surface area (Å²) in [4.78, 5) is 0. The molecule has 5 unspecified atom stereocenters. The minimum absolute atomic E-state index is 0.0425. The third-order valence-corrected chi connectivity index (χ3v) is 9.82. The molecule has 0 saturated heterocycles. The smallest absolute Gasteiger partial charge is 0.0882 e. The molecule has 4 fully saturated rings. The summed E-state index contributed by atoms with van der Waals surface area (Å²) in [5.41, 5.74) is -1.37. The Kier molecular flexibility index (Phi) is 5.19. The lowest BCUT2D eigenvalue weighted by Gasteiger charge is -2.58. The van der Waals surface area contributed by atoms with Crippen molar-refractivity contribution >= 4 is 0 Å². The number of aliphatic hydroxyl groups is 3. The van der Waals surface area contributed by atoms with E-state index in [4.69, 9.17) is 4.74 Å². The summed E-state index contributed by atoms with van der Waals surface area (Å²) in [5.74, 6) is 3.42. The first-order chi connectivity index (χ1) is 12.8. The van der Waals surface area contributed by atoms with Gasteiger partial charge in [0.05, 0.1) is 17.8 Å². The van der Waals surface area contributed by atoms with Crippen LogP contribution in [0.2, 0.25) is 0 Å². The zero-order valence-electron chi connectivity index (χ0n) is 17.5. The minimum atomic E-state index is -0.709. The molecule has 0 aliphatic heterocycles. The van der Waals surface area contributed by atoms with Gasteiger partial charge in [0.15, 0.2) is 0 Å². The molecule has 0 bridgehead atoms. The van der Waals surface area contributed by atoms with Crippen LogP contribution < -0.4 is 0 Å². The molecule has 4 rings (SSSR count). The Bertz CT molecular complexity index is 552.